The molecule has 0 spiro atoms. The predicted octanol–water partition coefficient (Wildman–Crippen LogP) is 4.55. The predicted molar refractivity (Wildman–Crippen MR) is 82.1 cm³/mol. The number of pyridine rings is 1. The first-order chi connectivity index (χ1) is 9.86. The van der Waals surface area contributed by atoms with E-state index in [-0.39, 0.29) is 0 Å². The van der Waals surface area contributed by atoms with Crippen molar-refractivity contribution in [1.29, 1.82) is 0 Å². The second-order valence-electron chi connectivity index (χ2n) is 4.56. The zero-order valence-corrected chi connectivity index (χ0v) is 11.7. The monoisotopic (exact) mass is 283 g/mol. The third-order valence-corrected chi connectivity index (χ3v) is 3.47. The van der Waals surface area contributed by atoms with Crippen molar-refractivity contribution in [3.05, 3.63) is 71.9 Å². The molecular weight excluding hydrogens is 270 g/mol. The quantitative estimate of drug-likeness (QED) is 0.655. The maximum atomic E-state index is 5.84. The van der Waals surface area contributed by atoms with Gasteiger partial charge < -0.3 is 4.74 Å². The van der Waals surface area contributed by atoms with Gasteiger partial charge in [0, 0.05) is 23.0 Å². The number of para-hydroxylation sites is 1. The Morgan fingerprint density at radius 1 is 1.00 bits per heavy atom. The van der Waals surface area contributed by atoms with Gasteiger partial charge in [-0.3, -0.25) is 4.98 Å². The molecule has 0 amide bonds. The van der Waals surface area contributed by atoms with Crippen LogP contribution in [0.15, 0.2) is 60.8 Å². The highest BCUT2D eigenvalue weighted by Gasteiger charge is 2.03. The number of halogens is 1. The van der Waals surface area contributed by atoms with Crippen molar-refractivity contribution in [3.8, 4) is 5.75 Å². The van der Waals surface area contributed by atoms with Crippen molar-refractivity contribution >= 4 is 22.5 Å². The lowest BCUT2D eigenvalue weighted by atomic mass is 10.1. The van der Waals surface area contributed by atoms with E-state index in [0.29, 0.717) is 12.5 Å². The van der Waals surface area contributed by atoms with Crippen LogP contribution in [0.4, 0.5) is 0 Å². The summed E-state index contributed by atoms with van der Waals surface area (Å²) in [6.45, 7) is 0.500. The standard InChI is InChI=1S/C17H14ClNO/c18-11-13-4-1-8-16(10-13)20-12-15-6-2-5-14-7-3-9-19-17(14)15/h1-10H,11-12H2. The van der Waals surface area contributed by atoms with E-state index < -0.39 is 0 Å². The van der Waals surface area contributed by atoms with E-state index in [4.69, 9.17) is 16.3 Å². The zero-order chi connectivity index (χ0) is 13.8. The highest BCUT2D eigenvalue weighted by atomic mass is 35.5. The highest BCUT2D eigenvalue weighted by Crippen LogP contribution is 2.20. The maximum absolute atomic E-state index is 5.84. The van der Waals surface area contributed by atoms with Crippen LogP contribution in [0.5, 0.6) is 5.75 Å². The van der Waals surface area contributed by atoms with Crippen LogP contribution >= 0.6 is 11.6 Å². The van der Waals surface area contributed by atoms with Crippen molar-refractivity contribution in [2.45, 2.75) is 12.5 Å². The smallest absolute Gasteiger partial charge is 0.120 e. The van der Waals surface area contributed by atoms with E-state index in [0.717, 1.165) is 27.8 Å². The van der Waals surface area contributed by atoms with Crippen molar-refractivity contribution in [2.75, 3.05) is 0 Å². The lowest BCUT2D eigenvalue weighted by molar-refractivity contribution is 0.307. The Bertz CT molecular complexity index is 722. The Morgan fingerprint density at radius 2 is 1.85 bits per heavy atom. The molecule has 100 valence electrons. The third-order valence-electron chi connectivity index (χ3n) is 3.16. The molecule has 0 bridgehead atoms. The maximum Gasteiger partial charge on any atom is 0.120 e. The van der Waals surface area contributed by atoms with Crippen LogP contribution in [0.3, 0.4) is 0 Å². The summed E-state index contributed by atoms with van der Waals surface area (Å²) in [5.74, 6) is 1.32. The van der Waals surface area contributed by atoms with Gasteiger partial charge in [-0.1, -0.05) is 36.4 Å². The van der Waals surface area contributed by atoms with E-state index in [1.807, 2.05) is 42.5 Å². The lowest BCUT2D eigenvalue weighted by Gasteiger charge is -2.09. The lowest BCUT2D eigenvalue weighted by Crippen LogP contribution is -1.97. The summed E-state index contributed by atoms with van der Waals surface area (Å²) >= 11 is 5.83. The summed E-state index contributed by atoms with van der Waals surface area (Å²) in [6, 6.07) is 18.0. The Kier molecular flexibility index (Phi) is 3.84. The van der Waals surface area contributed by atoms with E-state index in [9.17, 15) is 0 Å². The summed E-state index contributed by atoms with van der Waals surface area (Å²) in [5, 5.41) is 1.13. The van der Waals surface area contributed by atoms with Gasteiger partial charge in [0.25, 0.3) is 0 Å². The van der Waals surface area contributed by atoms with Crippen molar-refractivity contribution in [1.82, 2.24) is 4.98 Å². The van der Waals surface area contributed by atoms with Gasteiger partial charge in [-0.2, -0.15) is 0 Å². The van der Waals surface area contributed by atoms with E-state index in [1.54, 1.807) is 6.20 Å². The SMILES string of the molecule is ClCc1cccc(OCc2cccc3cccnc23)c1. The van der Waals surface area contributed by atoms with Crippen LogP contribution in [0.25, 0.3) is 10.9 Å². The van der Waals surface area contributed by atoms with Crippen molar-refractivity contribution in [3.63, 3.8) is 0 Å². The van der Waals surface area contributed by atoms with Crippen molar-refractivity contribution in [2.24, 2.45) is 0 Å². The molecule has 0 radical (unpaired) electrons. The van der Waals surface area contributed by atoms with Gasteiger partial charge in [0.2, 0.25) is 0 Å². The van der Waals surface area contributed by atoms with Gasteiger partial charge in [0.15, 0.2) is 0 Å². The number of hydrogen-bond donors (Lipinski definition) is 0. The molecule has 20 heavy (non-hydrogen) atoms. The topological polar surface area (TPSA) is 22.1 Å². The van der Waals surface area contributed by atoms with Crippen LogP contribution in [0.2, 0.25) is 0 Å². The van der Waals surface area contributed by atoms with E-state index in [2.05, 4.69) is 17.1 Å². The zero-order valence-electron chi connectivity index (χ0n) is 10.9. The van der Waals surface area contributed by atoms with Gasteiger partial charge in [0.1, 0.15) is 12.4 Å². The van der Waals surface area contributed by atoms with Crippen molar-refractivity contribution < 1.29 is 4.74 Å². The van der Waals surface area contributed by atoms with Crippen LogP contribution in [-0.2, 0) is 12.5 Å². The minimum Gasteiger partial charge on any atom is -0.489 e. The molecule has 0 N–H and O–H groups in total. The summed E-state index contributed by atoms with van der Waals surface area (Å²) < 4.78 is 5.84. The molecule has 0 fully saturated rings. The van der Waals surface area contributed by atoms with Crippen LogP contribution < -0.4 is 4.74 Å². The molecule has 0 aliphatic carbocycles. The Hall–Kier alpha value is -2.06. The first kappa shape index (κ1) is 12.9. The van der Waals surface area contributed by atoms with Gasteiger partial charge in [-0.15, -0.1) is 11.6 Å². The number of ether oxygens (including phenoxy) is 1. The van der Waals surface area contributed by atoms with Gasteiger partial charge in [0.05, 0.1) is 5.52 Å². The van der Waals surface area contributed by atoms with Gasteiger partial charge in [-0.05, 0) is 23.8 Å². The molecule has 0 atom stereocenters. The summed E-state index contributed by atoms with van der Waals surface area (Å²) in [7, 11) is 0. The molecule has 0 aliphatic rings. The number of fused-ring (bicyclic) bond motifs is 1. The average molecular weight is 284 g/mol. The summed E-state index contributed by atoms with van der Waals surface area (Å²) in [5.41, 5.74) is 3.13. The molecule has 0 saturated carbocycles. The molecule has 3 rings (SSSR count). The Morgan fingerprint density at radius 3 is 2.75 bits per heavy atom. The molecule has 3 heteroatoms. The molecule has 3 aromatic rings. The fourth-order valence-electron chi connectivity index (χ4n) is 2.16. The first-order valence-corrected chi connectivity index (χ1v) is 7.00. The molecule has 1 aromatic heterocycles. The van der Waals surface area contributed by atoms with Crippen LogP contribution in [0, 0.1) is 0 Å². The van der Waals surface area contributed by atoms with E-state index in [1.165, 1.54) is 0 Å². The number of nitrogens with zero attached hydrogens (tertiary/aromatic N) is 1. The fraction of sp³-hybridized carbons (Fsp3) is 0.118. The Labute approximate surface area is 123 Å². The minimum atomic E-state index is 0.493. The number of hydrogen-bond acceptors (Lipinski definition) is 2. The normalized spacial score (nSPS) is 10.7. The third kappa shape index (κ3) is 2.75. The second-order valence-corrected chi connectivity index (χ2v) is 4.83. The average Bonchev–Trinajstić information content (AvgIpc) is 2.53. The van der Waals surface area contributed by atoms with Crippen LogP contribution in [-0.4, -0.2) is 4.98 Å². The molecule has 2 aromatic carbocycles. The Balaban J connectivity index is 1.83. The van der Waals surface area contributed by atoms with Gasteiger partial charge >= 0.3 is 0 Å². The number of aromatic nitrogens is 1. The summed E-state index contributed by atoms with van der Waals surface area (Å²) in [6.07, 6.45) is 1.81. The molecule has 1 heterocycles. The number of benzene rings is 2. The largest absolute Gasteiger partial charge is 0.489 e. The molecular formula is C17H14ClNO. The van der Waals surface area contributed by atoms with E-state index >= 15 is 0 Å². The first-order valence-electron chi connectivity index (χ1n) is 6.47. The second kappa shape index (κ2) is 5.93. The summed E-state index contributed by atoms with van der Waals surface area (Å²) in [4.78, 5) is 4.43. The number of alkyl halides is 1. The molecule has 0 saturated heterocycles. The molecule has 0 unspecified atom stereocenters. The molecule has 2 nitrogen and oxygen atoms in total. The van der Waals surface area contributed by atoms with Gasteiger partial charge in [-0.25, -0.2) is 0 Å². The van der Waals surface area contributed by atoms with Crippen LogP contribution in [0.1, 0.15) is 11.1 Å². The number of rotatable bonds is 4. The highest BCUT2D eigenvalue weighted by molar-refractivity contribution is 6.17. The molecule has 0 aliphatic heterocycles. The minimum absolute atomic E-state index is 0.493. The fourth-order valence-corrected chi connectivity index (χ4v) is 2.33.